The zero-order valence-electron chi connectivity index (χ0n) is 12.2. The molecule has 0 aromatic heterocycles. The van der Waals surface area contributed by atoms with Crippen LogP contribution in [0.5, 0.6) is 0 Å². The fraction of sp³-hybridized carbons (Fsp3) is 0.929. The summed E-state index contributed by atoms with van der Waals surface area (Å²) < 4.78 is 5.50. The van der Waals surface area contributed by atoms with Crippen LogP contribution in [0.1, 0.15) is 33.6 Å². The molecule has 1 rings (SSSR count). The molecule has 1 N–H and O–H groups in total. The molecular formula is C14H27N3O. The van der Waals surface area contributed by atoms with E-state index in [0.29, 0.717) is 12.0 Å². The Morgan fingerprint density at radius 1 is 1.56 bits per heavy atom. The first kappa shape index (κ1) is 15.4. The molecule has 0 bridgehead atoms. The van der Waals surface area contributed by atoms with Crippen LogP contribution in [-0.2, 0) is 4.74 Å². The average molecular weight is 253 g/mol. The molecule has 1 heterocycles. The highest BCUT2D eigenvalue weighted by molar-refractivity contribution is 5.06. The van der Waals surface area contributed by atoms with Crippen LogP contribution in [-0.4, -0.2) is 49.8 Å². The Bertz CT molecular complexity index is 281. The molecule has 0 aromatic carbocycles. The second-order valence-corrected chi connectivity index (χ2v) is 6.02. The predicted molar refractivity (Wildman–Crippen MR) is 73.3 cm³/mol. The van der Waals surface area contributed by atoms with Gasteiger partial charge in [-0.15, -0.1) is 0 Å². The molecule has 0 amide bonds. The molecule has 0 aromatic rings. The molecule has 0 radical (unpaired) electrons. The Balaban J connectivity index is 2.41. The van der Waals surface area contributed by atoms with Crippen molar-refractivity contribution in [1.82, 2.24) is 10.2 Å². The highest BCUT2D eigenvalue weighted by atomic mass is 16.5. The van der Waals surface area contributed by atoms with E-state index < -0.39 is 5.54 Å². The van der Waals surface area contributed by atoms with E-state index in [0.717, 1.165) is 32.7 Å². The molecule has 4 nitrogen and oxygen atoms in total. The molecule has 1 aliphatic rings. The fourth-order valence-corrected chi connectivity index (χ4v) is 2.75. The van der Waals surface area contributed by atoms with Crippen molar-refractivity contribution in [2.24, 2.45) is 5.92 Å². The molecular weight excluding hydrogens is 226 g/mol. The third-order valence-corrected chi connectivity index (χ3v) is 3.26. The Hall–Kier alpha value is -0.630. The van der Waals surface area contributed by atoms with Crippen LogP contribution >= 0.6 is 0 Å². The van der Waals surface area contributed by atoms with E-state index >= 15 is 0 Å². The van der Waals surface area contributed by atoms with Crippen LogP contribution in [0.4, 0.5) is 0 Å². The topological polar surface area (TPSA) is 48.3 Å². The molecule has 0 aliphatic carbocycles. The average Bonchev–Trinajstić information content (AvgIpc) is 2.28. The number of likely N-dealkylation sites (N-methyl/N-ethyl adjacent to an activating group) is 1. The van der Waals surface area contributed by atoms with E-state index in [2.05, 4.69) is 37.2 Å². The van der Waals surface area contributed by atoms with E-state index in [9.17, 15) is 5.26 Å². The normalized spacial score (nSPS) is 23.9. The van der Waals surface area contributed by atoms with Crippen molar-refractivity contribution in [2.45, 2.75) is 45.2 Å². The van der Waals surface area contributed by atoms with Crippen LogP contribution < -0.4 is 5.32 Å². The zero-order valence-corrected chi connectivity index (χ0v) is 12.2. The third kappa shape index (κ3) is 5.34. The summed E-state index contributed by atoms with van der Waals surface area (Å²) in [6.07, 6.45) is 2.41. The largest absolute Gasteiger partial charge is 0.381 e. The van der Waals surface area contributed by atoms with Crippen LogP contribution in [0.15, 0.2) is 0 Å². The first-order chi connectivity index (χ1) is 8.45. The maximum atomic E-state index is 9.33. The predicted octanol–water partition coefficient (Wildman–Crippen LogP) is 1.63. The van der Waals surface area contributed by atoms with Crippen LogP contribution in [0.2, 0.25) is 0 Å². The minimum atomic E-state index is -0.474. The van der Waals surface area contributed by atoms with Crippen LogP contribution in [0.25, 0.3) is 0 Å². The number of nitriles is 1. The summed E-state index contributed by atoms with van der Waals surface area (Å²) in [5.74, 6) is 0.616. The van der Waals surface area contributed by atoms with E-state index in [-0.39, 0.29) is 0 Å². The molecule has 18 heavy (non-hydrogen) atoms. The summed E-state index contributed by atoms with van der Waals surface area (Å²) in [5, 5.41) is 12.7. The van der Waals surface area contributed by atoms with Gasteiger partial charge in [-0.05, 0) is 46.6 Å². The van der Waals surface area contributed by atoms with Gasteiger partial charge in [-0.25, -0.2) is 0 Å². The first-order valence-corrected chi connectivity index (χ1v) is 6.90. The maximum Gasteiger partial charge on any atom is 0.116 e. The summed E-state index contributed by atoms with van der Waals surface area (Å²) in [6.45, 7) is 9.65. The Labute approximate surface area is 111 Å². The minimum Gasteiger partial charge on any atom is -0.381 e. The lowest BCUT2D eigenvalue weighted by Crippen LogP contribution is -2.52. The molecule has 1 aliphatic heterocycles. The Morgan fingerprint density at radius 3 is 2.78 bits per heavy atom. The van der Waals surface area contributed by atoms with Gasteiger partial charge in [-0.2, -0.15) is 5.26 Å². The van der Waals surface area contributed by atoms with Crippen molar-refractivity contribution in [3.8, 4) is 6.07 Å². The van der Waals surface area contributed by atoms with Crippen LogP contribution in [0.3, 0.4) is 0 Å². The number of nitrogens with one attached hydrogen (secondary N) is 1. The SMILES string of the molecule is CC(C)NC(C)(C#N)CN(C)CC1CCCOC1. The maximum absolute atomic E-state index is 9.33. The van der Waals surface area contributed by atoms with E-state index in [1.165, 1.54) is 6.42 Å². The summed E-state index contributed by atoms with van der Waals surface area (Å²) in [6, 6.07) is 2.71. The van der Waals surface area contributed by atoms with E-state index in [1.54, 1.807) is 0 Å². The summed E-state index contributed by atoms with van der Waals surface area (Å²) >= 11 is 0. The molecule has 0 spiro atoms. The number of ether oxygens (including phenoxy) is 1. The van der Waals surface area contributed by atoms with Gasteiger partial charge in [0.15, 0.2) is 0 Å². The van der Waals surface area contributed by atoms with E-state index in [4.69, 9.17) is 4.74 Å². The van der Waals surface area contributed by atoms with Crippen molar-refractivity contribution in [3.63, 3.8) is 0 Å². The van der Waals surface area contributed by atoms with Gasteiger partial charge in [0.05, 0.1) is 12.7 Å². The molecule has 104 valence electrons. The number of rotatable bonds is 6. The number of hydrogen-bond donors (Lipinski definition) is 1. The van der Waals surface area contributed by atoms with Gasteiger partial charge in [0.1, 0.15) is 5.54 Å². The molecule has 1 saturated heterocycles. The smallest absolute Gasteiger partial charge is 0.116 e. The number of hydrogen-bond acceptors (Lipinski definition) is 4. The van der Waals surface area contributed by atoms with Gasteiger partial charge in [0.2, 0.25) is 0 Å². The molecule has 1 fully saturated rings. The standard InChI is InChI=1S/C14H27N3O/c1-12(2)16-14(3,10-15)11-17(4)8-13-6-5-7-18-9-13/h12-13,16H,5-9,11H2,1-4H3. The Kier molecular flexibility index (Phi) is 6.07. The minimum absolute atomic E-state index is 0.320. The van der Waals surface area contributed by atoms with Gasteiger partial charge in [0.25, 0.3) is 0 Å². The Morgan fingerprint density at radius 2 is 2.28 bits per heavy atom. The quantitative estimate of drug-likeness (QED) is 0.781. The van der Waals surface area contributed by atoms with Crippen molar-refractivity contribution >= 4 is 0 Å². The van der Waals surface area contributed by atoms with Crippen molar-refractivity contribution in [2.75, 3.05) is 33.4 Å². The van der Waals surface area contributed by atoms with Crippen LogP contribution in [0, 0.1) is 17.2 Å². The monoisotopic (exact) mass is 253 g/mol. The lowest BCUT2D eigenvalue weighted by molar-refractivity contribution is 0.0398. The molecule has 2 atom stereocenters. The second kappa shape index (κ2) is 7.08. The van der Waals surface area contributed by atoms with Gasteiger partial charge in [0, 0.05) is 25.7 Å². The summed E-state index contributed by atoms with van der Waals surface area (Å²) in [7, 11) is 2.09. The number of nitrogens with zero attached hydrogens (tertiary/aromatic N) is 2. The van der Waals surface area contributed by atoms with Crippen molar-refractivity contribution < 1.29 is 4.74 Å². The van der Waals surface area contributed by atoms with Gasteiger partial charge >= 0.3 is 0 Å². The summed E-state index contributed by atoms with van der Waals surface area (Å²) in [5.41, 5.74) is -0.474. The third-order valence-electron chi connectivity index (χ3n) is 3.26. The lowest BCUT2D eigenvalue weighted by Gasteiger charge is -2.33. The fourth-order valence-electron chi connectivity index (χ4n) is 2.75. The van der Waals surface area contributed by atoms with Gasteiger partial charge < -0.3 is 9.64 Å². The highest BCUT2D eigenvalue weighted by Gasteiger charge is 2.27. The summed E-state index contributed by atoms with van der Waals surface area (Å²) in [4.78, 5) is 2.25. The van der Waals surface area contributed by atoms with Crippen molar-refractivity contribution in [3.05, 3.63) is 0 Å². The molecule has 2 unspecified atom stereocenters. The van der Waals surface area contributed by atoms with E-state index in [1.807, 2.05) is 6.92 Å². The van der Waals surface area contributed by atoms with Gasteiger partial charge in [-0.3, -0.25) is 5.32 Å². The van der Waals surface area contributed by atoms with Crippen molar-refractivity contribution in [1.29, 1.82) is 5.26 Å². The first-order valence-electron chi connectivity index (χ1n) is 6.90. The van der Waals surface area contributed by atoms with Gasteiger partial charge in [-0.1, -0.05) is 0 Å². The molecule has 0 saturated carbocycles. The highest BCUT2D eigenvalue weighted by Crippen LogP contribution is 2.15. The lowest BCUT2D eigenvalue weighted by atomic mass is 9.99. The zero-order chi connectivity index (χ0) is 13.6. The second-order valence-electron chi connectivity index (χ2n) is 6.02. The molecule has 4 heteroatoms.